The molecule has 7 heteroatoms. The van der Waals surface area contributed by atoms with Gasteiger partial charge in [-0.15, -0.1) is 0 Å². The Balaban J connectivity index is 0.000000221. The molecule has 20 heavy (non-hydrogen) atoms. The molecule has 1 heterocycles. The fourth-order valence-electron chi connectivity index (χ4n) is 1.95. The number of carboxylic acids is 1. The summed E-state index contributed by atoms with van der Waals surface area (Å²) in [6, 6.07) is 10.9. The number of aliphatic carboxylic acids is 1. The highest BCUT2D eigenvalue weighted by atomic mass is 32.2. The zero-order valence-corrected chi connectivity index (χ0v) is 11.8. The Morgan fingerprint density at radius 2 is 1.75 bits per heavy atom. The Bertz CT molecular complexity index is 555. The molecule has 1 aliphatic rings. The lowest BCUT2D eigenvalue weighted by atomic mass is 9.90. The monoisotopic (exact) mass is 298 g/mol. The average molecular weight is 298 g/mol. The van der Waals surface area contributed by atoms with Crippen molar-refractivity contribution in [3.05, 3.63) is 35.9 Å². The molecule has 1 fully saturated rings. The van der Waals surface area contributed by atoms with Gasteiger partial charge in [0, 0.05) is 0 Å². The van der Waals surface area contributed by atoms with Gasteiger partial charge in [-0.3, -0.25) is 5.73 Å². The largest absolute Gasteiger partial charge is 0.476 e. The van der Waals surface area contributed by atoms with Gasteiger partial charge in [-0.05, 0) is 37.4 Å². The van der Waals surface area contributed by atoms with E-state index in [0.717, 1.165) is 5.92 Å². The van der Waals surface area contributed by atoms with Crippen molar-refractivity contribution in [2.45, 2.75) is 18.8 Å². The molecule has 0 saturated carbocycles. The van der Waals surface area contributed by atoms with Crippen molar-refractivity contribution >= 4 is 21.3 Å². The lowest BCUT2D eigenvalue weighted by Crippen LogP contribution is -2.26. The highest BCUT2D eigenvalue weighted by molar-refractivity contribution is 7.74. The van der Waals surface area contributed by atoms with Crippen molar-refractivity contribution in [3.8, 4) is 0 Å². The average Bonchev–Trinajstić information content (AvgIpc) is 2.48. The SMILES string of the molecule is NC(C(=O)O)=S(=O)=O.c1ccc(C2CCNCC2)cc1. The Morgan fingerprint density at radius 3 is 2.15 bits per heavy atom. The maximum Gasteiger partial charge on any atom is 0.362 e. The number of carboxylic acid groups (broad SMARTS) is 1. The van der Waals surface area contributed by atoms with Crippen LogP contribution in [-0.4, -0.2) is 37.6 Å². The van der Waals surface area contributed by atoms with Crippen LogP contribution in [-0.2, 0) is 15.1 Å². The first kappa shape index (κ1) is 16.4. The number of nitrogens with one attached hydrogen (secondary N) is 1. The number of hydrogen-bond donors (Lipinski definition) is 3. The predicted octanol–water partition coefficient (Wildman–Crippen LogP) is 0.192. The number of hydrogen-bond acceptors (Lipinski definition) is 4. The van der Waals surface area contributed by atoms with Gasteiger partial charge in [0.25, 0.3) is 0 Å². The van der Waals surface area contributed by atoms with Crippen LogP contribution in [0, 0.1) is 0 Å². The van der Waals surface area contributed by atoms with E-state index < -0.39 is 21.3 Å². The molecule has 0 spiro atoms. The van der Waals surface area contributed by atoms with Crippen LogP contribution < -0.4 is 11.1 Å². The fourth-order valence-corrected chi connectivity index (χ4v) is 2.09. The Morgan fingerprint density at radius 1 is 1.20 bits per heavy atom. The molecule has 1 aromatic rings. The van der Waals surface area contributed by atoms with Gasteiger partial charge < -0.3 is 10.4 Å². The molecule has 110 valence electrons. The maximum atomic E-state index is 9.60. The Hall–Kier alpha value is -1.70. The summed E-state index contributed by atoms with van der Waals surface area (Å²) in [4.78, 5) is 8.52. The molecular weight excluding hydrogens is 280 g/mol. The van der Waals surface area contributed by atoms with E-state index in [4.69, 9.17) is 5.11 Å². The molecule has 0 aliphatic carbocycles. The minimum Gasteiger partial charge on any atom is -0.476 e. The summed E-state index contributed by atoms with van der Waals surface area (Å²) in [5.41, 5.74) is 5.98. The zero-order chi connectivity index (χ0) is 15.0. The molecule has 1 saturated heterocycles. The molecule has 0 aromatic heterocycles. The van der Waals surface area contributed by atoms with Crippen LogP contribution in [0.15, 0.2) is 30.3 Å². The van der Waals surface area contributed by atoms with E-state index in [0.29, 0.717) is 0 Å². The van der Waals surface area contributed by atoms with Crippen LogP contribution in [0.5, 0.6) is 0 Å². The molecule has 0 radical (unpaired) electrons. The van der Waals surface area contributed by atoms with E-state index in [1.54, 1.807) is 0 Å². The van der Waals surface area contributed by atoms with Gasteiger partial charge in [-0.1, -0.05) is 30.3 Å². The normalized spacial score (nSPS) is 14.8. The van der Waals surface area contributed by atoms with Gasteiger partial charge in [0.15, 0.2) is 0 Å². The predicted molar refractivity (Wildman–Crippen MR) is 77.0 cm³/mol. The Labute approximate surface area is 119 Å². The number of piperidine rings is 1. The fraction of sp³-hybridized carbons (Fsp3) is 0.385. The van der Waals surface area contributed by atoms with Crippen LogP contribution in [0.1, 0.15) is 24.3 Å². The first-order chi connectivity index (χ1) is 9.52. The molecule has 0 bridgehead atoms. The highest BCUT2D eigenvalue weighted by Gasteiger charge is 2.13. The van der Waals surface area contributed by atoms with Crippen LogP contribution in [0.2, 0.25) is 0 Å². The molecule has 1 aliphatic heterocycles. The van der Waals surface area contributed by atoms with Gasteiger partial charge in [-0.2, -0.15) is 8.42 Å². The summed E-state index contributed by atoms with van der Waals surface area (Å²) >= 11 is 0. The summed E-state index contributed by atoms with van der Waals surface area (Å²) in [5, 5.41) is 11.2. The van der Waals surface area contributed by atoms with E-state index >= 15 is 0 Å². The second kappa shape index (κ2) is 8.47. The van der Waals surface area contributed by atoms with Crippen molar-refractivity contribution in [1.82, 2.24) is 5.32 Å². The Kier molecular flexibility index (Phi) is 6.92. The lowest BCUT2D eigenvalue weighted by Gasteiger charge is -2.22. The third-order valence-electron chi connectivity index (χ3n) is 3.00. The molecular formula is C13H18N2O4S. The van der Waals surface area contributed by atoms with Crippen LogP contribution in [0.4, 0.5) is 0 Å². The van der Waals surface area contributed by atoms with Crippen molar-refractivity contribution < 1.29 is 18.3 Å². The second-order valence-electron chi connectivity index (χ2n) is 4.34. The van der Waals surface area contributed by atoms with Gasteiger partial charge in [0.1, 0.15) is 0 Å². The van der Waals surface area contributed by atoms with E-state index in [1.165, 1.54) is 31.5 Å². The van der Waals surface area contributed by atoms with Crippen molar-refractivity contribution in [2.75, 3.05) is 13.1 Å². The summed E-state index contributed by atoms with van der Waals surface area (Å²) in [7, 11) is -2.80. The first-order valence-electron chi connectivity index (χ1n) is 6.23. The van der Waals surface area contributed by atoms with E-state index in [2.05, 4.69) is 41.4 Å². The van der Waals surface area contributed by atoms with Gasteiger partial charge >= 0.3 is 5.97 Å². The topological polar surface area (TPSA) is 109 Å². The third kappa shape index (κ3) is 5.52. The molecule has 0 atom stereocenters. The number of rotatable bonds is 1. The van der Waals surface area contributed by atoms with Gasteiger partial charge in [-0.25, -0.2) is 4.79 Å². The molecule has 1 aromatic carbocycles. The summed E-state index contributed by atoms with van der Waals surface area (Å²) in [6.07, 6.45) is 2.59. The second-order valence-corrected chi connectivity index (χ2v) is 5.25. The minimum absolute atomic E-state index is 0.799. The van der Waals surface area contributed by atoms with Gasteiger partial charge in [0.05, 0.1) is 0 Å². The van der Waals surface area contributed by atoms with Crippen molar-refractivity contribution in [2.24, 2.45) is 5.73 Å². The van der Waals surface area contributed by atoms with Crippen molar-refractivity contribution in [3.63, 3.8) is 0 Å². The van der Waals surface area contributed by atoms with Crippen LogP contribution >= 0.6 is 0 Å². The van der Waals surface area contributed by atoms with Crippen molar-refractivity contribution in [1.29, 1.82) is 0 Å². The summed E-state index contributed by atoms with van der Waals surface area (Å²) in [5.74, 6) is -0.828. The summed E-state index contributed by atoms with van der Waals surface area (Å²) < 4.78 is 19.2. The molecule has 0 unspecified atom stereocenters. The first-order valence-corrected chi connectivity index (χ1v) is 7.30. The zero-order valence-electron chi connectivity index (χ0n) is 11.0. The molecule has 4 N–H and O–H groups in total. The van der Waals surface area contributed by atoms with E-state index in [-0.39, 0.29) is 0 Å². The maximum absolute atomic E-state index is 9.60. The minimum atomic E-state index is -2.80. The molecule has 6 nitrogen and oxygen atoms in total. The number of benzene rings is 1. The van der Waals surface area contributed by atoms with Gasteiger partial charge in [0.2, 0.25) is 15.3 Å². The quantitative estimate of drug-likeness (QED) is 0.639. The van der Waals surface area contributed by atoms with Crippen LogP contribution in [0.3, 0.4) is 0 Å². The van der Waals surface area contributed by atoms with E-state index in [9.17, 15) is 13.2 Å². The van der Waals surface area contributed by atoms with E-state index in [1.807, 2.05) is 0 Å². The highest BCUT2D eigenvalue weighted by Crippen LogP contribution is 2.24. The third-order valence-corrected chi connectivity index (χ3v) is 3.53. The number of carbonyl (C=O) groups is 1. The number of nitrogens with two attached hydrogens (primary N) is 1. The van der Waals surface area contributed by atoms with Crippen LogP contribution in [0.25, 0.3) is 0 Å². The summed E-state index contributed by atoms with van der Waals surface area (Å²) in [6.45, 7) is 2.36. The molecule has 0 amide bonds. The lowest BCUT2D eigenvalue weighted by molar-refractivity contribution is -0.129. The standard InChI is InChI=1S/C11H15N.C2H3NO4S/c1-2-4-10(5-3-1)11-6-8-12-9-7-11;3-1(2(4)5)8(6)7/h1-5,11-12H,6-9H2;3H2,(H,4,5). The smallest absolute Gasteiger partial charge is 0.362 e. The molecule has 2 rings (SSSR count).